The lowest BCUT2D eigenvalue weighted by atomic mass is 9.98. The number of carbonyl (C=O) groups excluding carboxylic acids is 4. The molecule has 0 unspecified atom stereocenters. The number of unbranched alkanes of at least 4 members (excludes halogenated alkanes) is 1. The van der Waals surface area contributed by atoms with Crippen LogP contribution in [0.2, 0.25) is 0 Å². The molecule has 184 valence electrons. The molecule has 1 rings (SSSR count). The molecule has 1 aliphatic rings. The van der Waals surface area contributed by atoms with Gasteiger partial charge in [0.25, 0.3) is 0 Å². The predicted octanol–water partition coefficient (Wildman–Crippen LogP) is 2.01. The zero-order valence-corrected chi connectivity index (χ0v) is 20.1. The Bertz CT molecular complexity index is 626. The highest BCUT2D eigenvalue weighted by Crippen LogP contribution is 2.30. The van der Waals surface area contributed by atoms with Crippen molar-refractivity contribution in [2.24, 2.45) is 0 Å². The maximum absolute atomic E-state index is 11.8. The summed E-state index contributed by atoms with van der Waals surface area (Å²) in [4.78, 5) is 46.5. The Morgan fingerprint density at radius 3 is 1.91 bits per heavy atom. The highest BCUT2D eigenvalue weighted by Gasteiger charge is 2.52. The van der Waals surface area contributed by atoms with Crippen LogP contribution in [-0.4, -0.2) is 79.3 Å². The van der Waals surface area contributed by atoms with Crippen LogP contribution in [0.4, 0.5) is 0 Å². The van der Waals surface area contributed by atoms with Crippen molar-refractivity contribution >= 4 is 35.6 Å². The number of ether oxygens (including phenoxy) is 6. The lowest BCUT2D eigenvalue weighted by Crippen LogP contribution is -2.63. The van der Waals surface area contributed by atoms with Crippen LogP contribution in [0.5, 0.6) is 0 Å². The monoisotopic (exact) mass is 478 g/mol. The van der Waals surface area contributed by atoms with E-state index in [1.165, 1.54) is 27.7 Å². The van der Waals surface area contributed by atoms with Crippen molar-refractivity contribution in [1.82, 2.24) is 0 Å². The maximum Gasteiger partial charge on any atom is 0.303 e. The summed E-state index contributed by atoms with van der Waals surface area (Å²) in [7, 11) is 0. The van der Waals surface area contributed by atoms with E-state index in [2.05, 4.69) is 6.92 Å². The van der Waals surface area contributed by atoms with Gasteiger partial charge in [-0.15, -0.1) is 0 Å². The van der Waals surface area contributed by atoms with Gasteiger partial charge >= 0.3 is 23.9 Å². The van der Waals surface area contributed by atoms with E-state index in [0.717, 1.165) is 30.8 Å². The highest BCUT2D eigenvalue weighted by atomic mass is 32.2. The van der Waals surface area contributed by atoms with Gasteiger partial charge in [-0.3, -0.25) is 19.2 Å². The van der Waals surface area contributed by atoms with Crippen molar-refractivity contribution in [2.75, 3.05) is 24.7 Å². The van der Waals surface area contributed by atoms with Crippen molar-refractivity contribution in [2.45, 2.75) is 84.6 Å². The van der Waals surface area contributed by atoms with E-state index in [1.807, 2.05) is 11.8 Å². The summed E-state index contributed by atoms with van der Waals surface area (Å²) in [5.41, 5.74) is 0. The van der Waals surface area contributed by atoms with Gasteiger partial charge in [-0.1, -0.05) is 13.3 Å². The molecule has 10 nitrogen and oxygen atoms in total. The SMILES string of the molecule is CCCCSCCCO[C@@H]1O[C@H](COC(C)=O)[C@H](OC(C)=O)[C@H](OC(C)=O)[C@H]1OC(C)=O. The van der Waals surface area contributed by atoms with Gasteiger partial charge in [0.1, 0.15) is 12.7 Å². The first-order valence-electron chi connectivity index (χ1n) is 10.7. The number of thioether (sulfide) groups is 1. The summed E-state index contributed by atoms with van der Waals surface area (Å²) < 4.78 is 32.7. The van der Waals surface area contributed by atoms with Gasteiger partial charge in [0.2, 0.25) is 0 Å². The van der Waals surface area contributed by atoms with Crippen LogP contribution in [0.1, 0.15) is 53.9 Å². The summed E-state index contributed by atoms with van der Waals surface area (Å²) in [5.74, 6) is -0.625. The molecular formula is C21H34O10S. The molecule has 0 radical (unpaired) electrons. The summed E-state index contributed by atoms with van der Waals surface area (Å²) in [6.07, 6.45) is -2.68. The first-order chi connectivity index (χ1) is 15.1. The quantitative estimate of drug-likeness (QED) is 0.219. The van der Waals surface area contributed by atoms with E-state index in [0.29, 0.717) is 6.61 Å². The molecule has 0 saturated carbocycles. The van der Waals surface area contributed by atoms with Crippen molar-refractivity contribution in [3.8, 4) is 0 Å². The first-order valence-corrected chi connectivity index (χ1v) is 11.8. The number of hydrogen-bond acceptors (Lipinski definition) is 11. The second-order valence-corrected chi connectivity index (χ2v) is 8.48. The average molecular weight is 479 g/mol. The smallest absolute Gasteiger partial charge is 0.303 e. The van der Waals surface area contributed by atoms with E-state index in [1.54, 1.807) is 0 Å². The van der Waals surface area contributed by atoms with E-state index in [9.17, 15) is 19.2 Å². The second-order valence-electron chi connectivity index (χ2n) is 7.26. The molecule has 0 aromatic heterocycles. The number of rotatable bonds is 13. The molecule has 1 saturated heterocycles. The van der Waals surface area contributed by atoms with Gasteiger partial charge in [-0.25, -0.2) is 0 Å². The Balaban J connectivity index is 3.01. The molecule has 0 aromatic rings. The van der Waals surface area contributed by atoms with Gasteiger partial charge in [0, 0.05) is 27.7 Å². The molecule has 1 aliphatic heterocycles. The van der Waals surface area contributed by atoms with E-state index in [4.69, 9.17) is 28.4 Å². The molecule has 0 aromatic carbocycles. The highest BCUT2D eigenvalue weighted by molar-refractivity contribution is 7.99. The first kappa shape index (κ1) is 28.2. The Labute approximate surface area is 192 Å². The van der Waals surface area contributed by atoms with Gasteiger partial charge in [0.05, 0.1) is 6.61 Å². The minimum absolute atomic E-state index is 0.273. The summed E-state index contributed by atoms with van der Waals surface area (Å²) >= 11 is 1.81. The molecule has 0 bridgehead atoms. The van der Waals surface area contributed by atoms with Gasteiger partial charge in [-0.05, 0) is 24.3 Å². The number of carbonyl (C=O) groups is 4. The fourth-order valence-electron chi connectivity index (χ4n) is 3.03. The number of esters is 4. The third-order valence-corrected chi connectivity index (χ3v) is 5.46. The van der Waals surface area contributed by atoms with Crippen LogP contribution in [0.25, 0.3) is 0 Å². The third-order valence-electron chi connectivity index (χ3n) is 4.31. The molecular weight excluding hydrogens is 444 g/mol. The molecule has 1 fully saturated rings. The van der Waals surface area contributed by atoms with E-state index in [-0.39, 0.29) is 6.61 Å². The minimum Gasteiger partial charge on any atom is -0.463 e. The Morgan fingerprint density at radius 2 is 1.34 bits per heavy atom. The molecule has 0 spiro atoms. The Kier molecular flexibility index (Phi) is 13.3. The van der Waals surface area contributed by atoms with Crippen LogP contribution >= 0.6 is 11.8 Å². The Hall–Kier alpha value is -1.85. The molecule has 0 N–H and O–H groups in total. The van der Waals surface area contributed by atoms with Gasteiger partial charge < -0.3 is 28.4 Å². The van der Waals surface area contributed by atoms with Crippen LogP contribution < -0.4 is 0 Å². The molecule has 32 heavy (non-hydrogen) atoms. The average Bonchev–Trinajstić information content (AvgIpc) is 2.68. The molecule has 5 atom stereocenters. The van der Waals surface area contributed by atoms with Gasteiger partial charge in [0.15, 0.2) is 24.6 Å². The zero-order chi connectivity index (χ0) is 24.1. The maximum atomic E-state index is 11.8. The van der Waals surface area contributed by atoms with Crippen LogP contribution in [0.3, 0.4) is 0 Å². The van der Waals surface area contributed by atoms with Crippen molar-refractivity contribution < 1.29 is 47.6 Å². The largest absolute Gasteiger partial charge is 0.463 e. The van der Waals surface area contributed by atoms with Crippen molar-refractivity contribution in [3.05, 3.63) is 0 Å². The van der Waals surface area contributed by atoms with E-state index < -0.39 is 54.6 Å². The van der Waals surface area contributed by atoms with E-state index >= 15 is 0 Å². The van der Waals surface area contributed by atoms with Crippen LogP contribution in [-0.2, 0) is 47.6 Å². The predicted molar refractivity (Wildman–Crippen MR) is 115 cm³/mol. The molecule has 0 aliphatic carbocycles. The van der Waals surface area contributed by atoms with Crippen LogP contribution in [0.15, 0.2) is 0 Å². The third kappa shape index (κ3) is 10.6. The van der Waals surface area contributed by atoms with Crippen molar-refractivity contribution in [1.29, 1.82) is 0 Å². The minimum atomic E-state index is -1.21. The summed E-state index contributed by atoms with van der Waals surface area (Å²) in [6.45, 7) is 6.92. The zero-order valence-electron chi connectivity index (χ0n) is 19.3. The summed E-state index contributed by atoms with van der Waals surface area (Å²) in [6, 6.07) is 0. The summed E-state index contributed by atoms with van der Waals surface area (Å²) in [5, 5.41) is 0. The molecule has 11 heteroatoms. The standard InChI is InChI=1S/C21H34O10S/c1-6-7-10-32-11-8-9-26-21-20(30-16(5)25)19(29-15(4)24)18(28-14(3)23)17(31-21)12-27-13(2)22/h17-21H,6-12H2,1-5H3/t17-,18+,19+,20-,21-/m1/s1. The lowest BCUT2D eigenvalue weighted by molar-refractivity contribution is -0.308. The second kappa shape index (κ2) is 15.1. The Morgan fingerprint density at radius 1 is 0.781 bits per heavy atom. The number of hydrogen-bond donors (Lipinski definition) is 0. The normalized spacial score (nSPS) is 25.0. The fourth-order valence-corrected chi connectivity index (χ4v) is 4.05. The molecule has 1 heterocycles. The van der Waals surface area contributed by atoms with Crippen LogP contribution in [0, 0.1) is 0 Å². The molecule has 0 amide bonds. The fraction of sp³-hybridized carbons (Fsp3) is 0.810. The van der Waals surface area contributed by atoms with Crippen molar-refractivity contribution in [3.63, 3.8) is 0 Å². The van der Waals surface area contributed by atoms with Gasteiger partial charge in [-0.2, -0.15) is 11.8 Å². The lowest BCUT2D eigenvalue weighted by Gasteiger charge is -2.44. The topological polar surface area (TPSA) is 124 Å².